The molecule has 1 aliphatic rings. The van der Waals surface area contributed by atoms with Crippen LogP contribution in [0.4, 0.5) is 11.5 Å². The van der Waals surface area contributed by atoms with Gasteiger partial charge in [0.25, 0.3) is 0 Å². The largest absolute Gasteiger partial charge is 0.463 e. The summed E-state index contributed by atoms with van der Waals surface area (Å²) in [6.45, 7) is 4.32. The molecule has 1 saturated heterocycles. The van der Waals surface area contributed by atoms with Gasteiger partial charge in [-0.2, -0.15) is 5.26 Å². The van der Waals surface area contributed by atoms with Crippen LogP contribution in [0.2, 0.25) is 0 Å². The third-order valence-electron chi connectivity index (χ3n) is 6.40. The maximum atomic E-state index is 12.1. The highest BCUT2D eigenvalue weighted by Crippen LogP contribution is 2.33. The minimum Gasteiger partial charge on any atom is -0.463 e. The maximum absolute atomic E-state index is 12.1. The zero-order valence-corrected chi connectivity index (χ0v) is 24.3. The second-order valence-electron chi connectivity index (χ2n) is 9.92. The van der Waals surface area contributed by atoms with E-state index in [1.807, 2.05) is 43.3 Å². The molecule has 3 rings (SSSR count). The standard InChI is InChI=1S/C29H34N4O9/c1-15(34)38-14-25-27(40-17(3)36)28(41-18(4)37)26(39-16(2)35)24(42-25)12-20-11-22(23(13-30)29(31)32-20)19-7-9-21(10-8-19)33(5)6/h7-11,24-28H,12,14H2,1-6H3,(H2,31,32)/t24-,25+,26-,27+,28+/m0/s1. The molecule has 1 aromatic carbocycles. The molecular formula is C29H34N4O9. The van der Waals surface area contributed by atoms with Gasteiger partial charge in [0, 0.05) is 65.2 Å². The van der Waals surface area contributed by atoms with E-state index >= 15 is 0 Å². The summed E-state index contributed by atoms with van der Waals surface area (Å²) in [7, 11) is 3.82. The number of nitrogens with zero attached hydrogens (tertiary/aromatic N) is 3. The van der Waals surface area contributed by atoms with E-state index in [1.54, 1.807) is 6.07 Å². The topological polar surface area (TPSA) is 180 Å². The Morgan fingerprint density at radius 2 is 1.45 bits per heavy atom. The quantitative estimate of drug-likeness (QED) is 0.335. The van der Waals surface area contributed by atoms with Gasteiger partial charge in [-0.25, -0.2) is 4.98 Å². The number of nitrogens with two attached hydrogens (primary N) is 1. The van der Waals surface area contributed by atoms with Crippen molar-refractivity contribution in [3.05, 3.63) is 41.6 Å². The average Bonchev–Trinajstić information content (AvgIpc) is 2.90. The van der Waals surface area contributed by atoms with Crippen molar-refractivity contribution in [3.8, 4) is 17.2 Å². The monoisotopic (exact) mass is 582 g/mol. The number of esters is 4. The van der Waals surface area contributed by atoms with Crippen molar-refractivity contribution in [1.29, 1.82) is 5.26 Å². The Kier molecular flexibility index (Phi) is 10.4. The Balaban J connectivity index is 2.08. The van der Waals surface area contributed by atoms with Gasteiger partial charge in [-0.3, -0.25) is 19.2 Å². The summed E-state index contributed by atoms with van der Waals surface area (Å²) in [5.41, 5.74) is 8.94. The number of ether oxygens (including phenoxy) is 5. The molecule has 13 nitrogen and oxygen atoms in total. The third kappa shape index (κ3) is 7.94. The molecule has 2 heterocycles. The van der Waals surface area contributed by atoms with E-state index in [2.05, 4.69) is 11.1 Å². The van der Waals surface area contributed by atoms with Crippen LogP contribution < -0.4 is 10.6 Å². The lowest BCUT2D eigenvalue weighted by Crippen LogP contribution is -2.62. The van der Waals surface area contributed by atoms with Crippen LogP contribution >= 0.6 is 0 Å². The molecule has 0 unspecified atom stereocenters. The van der Waals surface area contributed by atoms with Crippen molar-refractivity contribution >= 4 is 35.4 Å². The van der Waals surface area contributed by atoms with Crippen LogP contribution in [0, 0.1) is 11.3 Å². The lowest BCUT2D eigenvalue weighted by molar-refractivity contribution is -0.252. The minimum atomic E-state index is -1.30. The third-order valence-corrected chi connectivity index (χ3v) is 6.40. The molecule has 1 aromatic heterocycles. The summed E-state index contributed by atoms with van der Waals surface area (Å²) in [6.07, 6.45) is -5.95. The average molecular weight is 583 g/mol. The second kappa shape index (κ2) is 13.8. The normalized spacial score (nSPS) is 21.4. The van der Waals surface area contributed by atoms with Gasteiger partial charge < -0.3 is 34.3 Å². The number of hydrogen-bond donors (Lipinski definition) is 1. The van der Waals surface area contributed by atoms with Gasteiger partial charge in [-0.15, -0.1) is 0 Å². The minimum absolute atomic E-state index is 0.0210. The molecule has 1 fully saturated rings. The highest BCUT2D eigenvalue weighted by Gasteiger charge is 2.52. The molecule has 42 heavy (non-hydrogen) atoms. The summed E-state index contributed by atoms with van der Waals surface area (Å²) in [4.78, 5) is 54.1. The predicted molar refractivity (Wildman–Crippen MR) is 149 cm³/mol. The van der Waals surface area contributed by atoms with E-state index in [9.17, 15) is 24.4 Å². The predicted octanol–water partition coefficient (Wildman–Crippen LogP) is 1.94. The van der Waals surface area contributed by atoms with Crippen LogP contribution in [-0.2, 0) is 49.3 Å². The zero-order chi connectivity index (χ0) is 31.1. The Morgan fingerprint density at radius 1 is 0.905 bits per heavy atom. The molecule has 0 bridgehead atoms. The van der Waals surface area contributed by atoms with Crippen molar-refractivity contribution in [3.63, 3.8) is 0 Å². The Morgan fingerprint density at radius 3 is 1.95 bits per heavy atom. The number of pyridine rings is 1. The first-order chi connectivity index (χ1) is 19.8. The molecule has 2 N–H and O–H groups in total. The van der Waals surface area contributed by atoms with Crippen molar-refractivity contribution in [2.45, 2.75) is 64.6 Å². The first-order valence-electron chi connectivity index (χ1n) is 13.1. The highest BCUT2D eigenvalue weighted by atomic mass is 16.7. The van der Waals surface area contributed by atoms with Gasteiger partial charge in [0.1, 0.15) is 36.3 Å². The maximum Gasteiger partial charge on any atom is 0.303 e. The highest BCUT2D eigenvalue weighted by molar-refractivity contribution is 5.77. The van der Waals surface area contributed by atoms with Crippen LogP contribution in [0.25, 0.3) is 11.1 Å². The molecule has 224 valence electrons. The lowest BCUT2D eigenvalue weighted by Gasteiger charge is -2.44. The molecule has 0 saturated carbocycles. The number of nitriles is 1. The van der Waals surface area contributed by atoms with Crippen LogP contribution in [-0.4, -0.2) is 80.1 Å². The first kappa shape index (κ1) is 31.8. The number of aromatic nitrogens is 1. The van der Waals surface area contributed by atoms with Gasteiger partial charge in [0.15, 0.2) is 18.3 Å². The Bertz CT molecular complexity index is 1370. The van der Waals surface area contributed by atoms with Crippen molar-refractivity contribution in [2.75, 3.05) is 31.3 Å². The summed E-state index contributed by atoms with van der Waals surface area (Å²) in [5.74, 6) is -2.80. The van der Waals surface area contributed by atoms with E-state index in [-0.39, 0.29) is 24.4 Å². The fourth-order valence-corrected chi connectivity index (χ4v) is 4.70. The first-order valence-corrected chi connectivity index (χ1v) is 13.1. The van der Waals surface area contributed by atoms with Gasteiger partial charge in [0.05, 0.1) is 0 Å². The molecule has 0 spiro atoms. The smallest absolute Gasteiger partial charge is 0.303 e. The van der Waals surface area contributed by atoms with Crippen molar-refractivity contribution in [2.24, 2.45) is 0 Å². The number of carbonyl (C=O) groups is 4. The van der Waals surface area contributed by atoms with Crippen molar-refractivity contribution < 1.29 is 42.9 Å². The van der Waals surface area contributed by atoms with E-state index < -0.39 is 54.4 Å². The molecule has 1 aliphatic heterocycles. The van der Waals surface area contributed by atoms with E-state index in [0.29, 0.717) is 16.8 Å². The van der Waals surface area contributed by atoms with Gasteiger partial charge in [-0.05, 0) is 23.8 Å². The van der Waals surface area contributed by atoms with Gasteiger partial charge >= 0.3 is 23.9 Å². The molecule has 0 amide bonds. The van der Waals surface area contributed by atoms with Crippen molar-refractivity contribution in [1.82, 2.24) is 4.98 Å². The number of hydrogen-bond acceptors (Lipinski definition) is 13. The zero-order valence-electron chi connectivity index (χ0n) is 24.3. The molecular weight excluding hydrogens is 548 g/mol. The number of carbonyl (C=O) groups excluding carboxylic acids is 4. The van der Waals surface area contributed by atoms with Gasteiger partial charge in [-0.1, -0.05) is 12.1 Å². The van der Waals surface area contributed by atoms with Crippen LogP contribution in [0.1, 0.15) is 39.0 Å². The van der Waals surface area contributed by atoms with Crippen LogP contribution in [0.3, 0.4) is 0 Å². The Hall–Kier alpha value is -4.70. The number of anilines is 2. The van der Waals surface area contributed by atoms with E-state index in [0.717, 1.165) is 19.5 Å². The molecule has 2 aromatic rings. The number of rotatable bonds is 9. The molecule has 0 aliphatic carbocycles. The lowest BCUT2D eigenvalue weighted by atomic mass is 9.91. The fourth-order valence-electron chi connectivity index (χ4n) is 4.70. The van der Waals surface area contributed by atoms with Crippen LogP contribution in [0.15, 0.2) is 30.3 Å². The summed E-state index contributed by atoms with van der Waals surface area (Å²) in [6, 6.07) is 11.3. The second-order valence-corrected chi connectivity index (χ2v) is 9.92. The SMILES string of the molecule is CC(=O)OC[C@H]1O[C@@H](Cc2cc(-c3ccc(N(C)C)cc3)c(C#N)c(N)n2)[C@H](OC(C)=O)[C@@H](OC(C)=O)[C@@H]1OC(C)=O. The van der Waals surface area contributed by atoms with Gasteiger partial charge in [0.2, 0.25) is 0 Å². The summed E-state index contributed by atoms with van der Waals surface area (Å²) >= 11 is 0. The van der Waals surface area contributed by atoms with Crippen LogP contribution in [0.5, 0.6) is 0 Å². The van der Waals surface area contributed by atoms with E-state index in [1.165, 1.54) is 13.8 Å². The molecule has 0 radical (unpaired) electrons. The summed E-state index contributed by atoms with van der Waals surface area (Å²) in [5, 5.41) is 9.82. The number of benzene rings is 1. The Labute approximate surface area is 243 Å². The van der Waals surface area contributed by atoms with E-state index in [4.69, 9.17) is 29.4 Å². The fraction of sp³-hybridized carbons (Fsp3) is 0.448. The molecule has 5 atom stereocenters. The summed E-state index contributed by atoms with van der Waals surface area (Å²) < 4.78 is 27.8. The number of nitrogen functional groups attached to an aromatic ring is 1. The molecule has 13 heteroatoms.